The monoisotopic (exact) mass is 260 g/mol. The third-order valence-electron chi connectivity index (χ3n) is 4.49. The van der Waals surface area contributed by atoms with Gasteiger partial charge in [0.05, 0.1) is 0 Å². The maximum atomic E-state index is 3.40. The highest BCUT2D eigenvalue weighted by Gasteiger charge is 2.30. The Balaban J connectivity index is 2.34. The van der Waals surface area contributed by atoms with Gasteiger partial charge in [0.25, 0.3) is 0 Å². The Morgan fingerprint density at radius 2 is 2.05 bits per heavy atom. The van der Waals surface area contributed by atoms with E-state index in [1.807, 2.05) is 0 Å². The molecule has 1 N–H and O–H groups in total. The van der Waals surface area contributed by atoms with Crippen LogP contribution in [0.2, 0.25) is 0 Å². The minimum Gasteiger partial charge on any atom is -0.319 e. The first kappa shape index (κ1) is 14.5. The zero-order chi connectivity index (χ0) is 13.7. The molecule has 0 saturated carbocycles. The van der Waals surface area contributed by atoms with Crippen LogP contribution in [0.15, 0.2) is 24.3 Å². The Kier molecular flexibility index (Phi) is 5.41. The Hall–Kier alpha value is -0.860. The normalized spacial score (nSPS) is 25.2. The van der Waals surface area contributed by atoms with Crippen molar-refractivity contribution in [2.45, 2.75) is 39.2 Å². The molecular weight excluding hydrogens is 232 g/mol. The van der Waals surface area contributed by atoms with Crippen LogP contribution in [-0.2, 0) is 0 Å². The summed E-state index contributed by atoms with van der Waals surface area (Å²) in [5.74, 6) is 0.730. The molecule has 1 heterocycles. The van der Waals surface area contributed by atoms with Crippen LogP contribution in [-0.4, -0.2) is 31.6 Å². The molecule has 1 fully saturated rings. The maximum absolute atomic E-state index is 3.40. The van der Waals surface area contributed by atoms with Crippen molar-refractivity contribution in [1.82, 2.24) is 10.2 Å². The fourth-order valence-corrected chi connectivity index (χ4v) is 3.52. The number of aryl methyl sites for hydroxylation is 1. The highest BCUT2D eigenvalue weighted by atomic mass is 15.2. The second-order valence-corrected chi connectivity index (χ2v) is 5.74. The van der Waals surface area contributed by atoms with Gasteiger partial charge in [-0.2, -0.15) is 0 Å². The lowest BCUT2D eigenvalue weighted by atomic mass is 9.87. The fourth-order valence-electron chi connectivity index (χ4n) is 3.52. The summed E-state index contributed by atoms with van der Waals surface area (Å²) >= 11 is 0. The second kappa shape index (κ2) is 7.06. The Labute approximate surface area is 118 Å². The molecule has 1 aromatic carbocycles. The van der Waals surface area contributed by atoms with Crippen molar-refractivity contribution in [2.75, 3.05) is 26.7 Å². The molecule has 2 heteroatoms. The zero-order valence-electron chi connectivity index (χ0n) is 12.7. The van der Waals surface area contributed by atoms with E-state index in [4.69, 9.17) is 0 Å². The van der Waals surface area contributed by atoms with Gasteiger partial charge in [-0.15, -0.1) is 0 Å². The molecule has 1 saturated heterocycles. The van der Waals surface area contributed by atoms with Crippen LogP contribution < -0.4 is 5.32 Å². The van der Waals surface area contributed by atoms with Crippen LogP contribution in [0.3, 0.4) is 0 Å². The highest BCUT2D eigenvalue weighted by molar-refractivity contribution is 5.29. The molecule has 1 aliphatic rings. The van der Waals surface area contributed by atoms with Crippen molar-refractivity contribution in [3.8, 4) is 0 Å². The quantitative estimate of drug-likeness (QED) is 0.893. The van der Waals surface area contributed by atoms with Gasteiger partial charge in [0, 0.05) is 6.04 Å². The predicted molar refractivity (Wildman–Crippen MR) is 82.4 cm³/mol. The standard InChI is InChI=1S/C17H28N2/c1-4-19-12-8-7-10-15(13-18-3)17(19)16-11-6-5-9-14(16)2/h5-6,9,11,15,17-18H,4,7-8,10,12-13H2,1-3H3. The van der Waals surface area contributed by atoms with E-state index >= 15 is 0 Å². The fraction of sp³-hybridized carbons (Fsp3) is 0.647. The van der Waals surface area contributed by atoms with Crippen LogP contribution in [0.25, 0.3) is 0 Å². The lowest BCUT2D eigenvalue weighted by Gasteiger charge is -2.35. The molecule has 2 nitrogen and oxygen atoms in total. The van der Waals surface area contributed by atoms with Crippen molar-refractivity contribution in [3.05, 3.63) is 35.4 Å². The lowest BCUT2D eigenvalue weighted by molar-refractivity contribution is 0.162. The molecule has 1 aliphatic heterocycles. The summed E-state index contributed by atoms with van der Waals surface area (Å²) in [6.07, 6.45) is 4.05. The van der Waals surface area contributed by atoms with Crippen molar-refractivity contribution in [3.63, 3.8) is 0 Å². The zero-order valence-corrected chi connectivity index (χ0v) is 12.7. The molecule has 2 unspecified atom stereocenters. The van der Waals surface area contributed by atoms with E-state index in [-0.39, 0.29) is 0 Å². The molecule has 0 spiro atoms. The molecule has 2 rings (SSSR count). The lowest BCUT2D eigenvalue weighted by Crippen LogP contribution is -2.36. The van der Waals surface area contributed by atoms with Crippen LogP contribution in [0.1, 0.15) is 43.4 Å². The van der Waals surface area contributed by atoms with Crippen molar-refractivity contribution < 1.29 is 0 Å². The minimum absolute atomic E-state index is 0.584. The summed E-state index contributed by atoms with van der Waals surface area (Å²) < 4.78 is 0. The van der Waals surface area contributed by atoms with Crippen LogP contribution in [0, 0.1) is 12.8 Å². The summed E-state index contributed by atoms with van der Waals surface area (Å²) in [4.78, 5) is 2.68. The largest absolute Gasteiger partial charge is 0.319 e. The Bertz CT molecular complexity index is 389. The van der Waals surface area contributed by atoms with Crippen molar-refractivity contribution in [2.24, 2.45) is 5.92 Å². The number of nitrogens with zero attached hydrogens (tertiary/aromatic N) is 1. The highest BCUT2D eigenvalue weighted by Crippen LogP contribution is 2.36. The molecule has 2 atom stereocenters. The van der Waals surface area contributed by atoms with Gasteiger partial charge in [0.2, 0.25) is 0 Å². The summed E-state index contributed by atoms with van der Waals surface area (Å²) in [5.41, 5.74) is 2.97. The molecule has 1 aromatic rings. The predicted octanol–water partition coefficient (Wildman–Crippen LogP) is 3.38. The van der Waals surface area contributed by atoms with Gasteiger partial charge in [-0.25, -0.2) is 0 Å². The van der Waals surface area contributed by atoms with Gasteiger partial charge >= 0.3 is 0 Å². The molecule has 0 bridgehead atoms. The minimum atomic E-state index is 0.584. The number of hydrogen-bond donors (Lipinski definition) is 1. The smallest absolute Gasteiger partial charge is 0.0390 e. The molecule has 0 aliphatic carbocycles. The van der Waals surface area contributed by atoms with E-state index < -0.39 is 0 Å². The molecular formula is C17H28N2. The van der Waals surface area contributed by atoms with E-state index in [2.05, 4.69) is 55.4 Å². The van der Waals surface area contributed by atoms with E-state index in [1.165, 1.54) is 36.9 Å². The average molecular weight is 260 g/mol. The second-order valence-electron chi connectivity index (χ2n) is 5.74. The van der Waals surface area contributed by atoms with Crippen LogP contribution >= 0.6 is 0 Å². The van der Waals surface area contributed by atoms with Crippen molar-refractivity contribution >= 4 is 0 Å². The average Bonchev–Trinajstić information content (AvgIpc) is 2.62. The van der Waals surface area contributed by atoms with Gasteiger partial charge in [-0.05, 0) is 63.5 Å². The van der Waals surface area contributed by atoms with Gasteiger partial charge in [-0.3, -0.25) is 4.90 Å². The van der Waals surface area contributed by atoms with Gasteiger partial charge in [0.1, 0.15) is 0 Å². The topological polar surface area (TPSA) is 15.3 Å². The SMILES string of the molecule is CCN1CCCCC(CNC)C1c1ccccc1C. The molecule has 0 amide bonds. The number of hydrogen-bond acceptors (Lipinski definition) is 2. The van der Waals surface area contributed by atoms with E-state index in [9.17, 15) is 0 Å². The molecule has 106 valence electrons. The third-order valence-corrected chi connectivity index (χ3v) is 4.49. The van der Waals surface area contributed by atoms with Crippen molar-refractivity contribution in [1.29, 1.82) is 0 Å². The number of nitrogens with one attached hydrogen (secondary N) is 1. The molecule has 0 radical (unpaired) electrons. The van der Waals surface area contributed by atoms with E-state index in [0.29, 0.717) is 6.04 Å². The first-order chi connectivity index (χ1) is 9.27. The summed E-state index contributed by atoms with van der Waals surface area (Å²) in [6, 6.07) is 9.51. The van der Waals surface area contributed by atoms with E-state index in [0.717, 1.165) is 19.0 Å². The first-order valence-corrected chi connectivity index (χ1v) is 7.72. The Morgan fingerprint density at radius 3 is 2.74 bits per heavy atom. The summed E-state index contributed by atoms with van der Waals surface area (Å²) in [5, 5.41) is 3.40. The van der Waals surface area contributed by atoms with E-state index in [1.54, 1.807) is 0 Å². The number of benzene rings is 1. The summed E-state index contributed by atoms with van der Waals surface area (Å²) in [6.45, 7) is 8.07. The van der Waals surface area contributed by atoms with Crippen LogP contribution in [0.5, 0.6) is 0 Å². The summed E-state index contributed by atoms with van der Waals surface area (Å²) in [7, 11) is 2.08. The number of rotatable bonds is 4. The first-order valence-electron chi connectivity index (χ1n) is 7.72. The van der Waals surface area contributed by atoms with Gasteiger partial charge in [-0.1, -0.05) is 37.6 Å². The third kappa shape index (κ3) is 3.37. The molecule has 19 heavy (non-hydrogen) atoms. The number of likely N-dealkylation sites (tertiary alicyclic amines) is 1. The Morgan fingerprint density at radius 1 is 1.26 bits per heavy atom. The van der Waals surface area contributed by atoms with Gasteiger partial charge in [0.15, 0.2) is 0 Å². The molecule has 0 aromatic heterocycles. The van der Waals surface area contributed by atoms with Gasteiger partial charge < -0.3 is 5.32 Å². The maximum Gasteiger partial charge on any atom is 0.0390 e. The van der Waals surface area contributed by atoms with Crippen LogP contribution in [0.4, 0.5) is 0 Å².